The van der Waals surface area contributed by atoms with Crippen molar-refractivity contribution in [3.63, 3.8) is 0 Å². The summed E-state index contributed by atoms with van der Waals surface area (Å²) in [5.74, 6) is -0.410. The first kappa shape index (κ1) is 22.6. The van der Waals surface area contributed by atoms with Crippen molar-refractivity contribution in [2.24, 2.45) is 0 Å². The predicted molar refractivity (Wildman–Crippen MR) is 130 cm³/mol. The van der Waals surface area contributed by atoms with E-state index in [0.29, 0.717) is 24.4 Å². The van der Waals surface area contributed by atoms with Crippen molar-refractivity contribution in [2.45, 2.75) is 26.0 Å². The van der Waals surface area contributed by atoms with Gasteiger partial charge in [0, 0.05) is 31.0 Å². The Morgan fingerprint density at radius 1 is 0.848 bits per heavy atom. The molecule has 0 atom stereocenters. The third kappa shape index (κ3) is 6.43. The van der Waals surface area contributed by atoms with Crippen LogP contribution in [-0.2, 0) is 22.7 Å². The van der Waals surface area contributed by atoms with Gasteiger partial charge in [0.2, 0.25) is 5.91 Å². The van der Waals surface area contributed by atoms with E-state index in [1.807, 2.05) is 72.8 Å². The van der Waals surface area contributed by atoms with Crippen LogP contribution in [0.5, 0.6) is 0 Å². The van der Waals surface area contributed by atoms with Gasteiger partial charge >= 0.3 is 0 Å². The molecule has 1 saturated heterocycles. The van der Waals surface area contributed by atoms with Gasteiger partial charge in [-0.25, -0.2) is 0 Å². The lowest BCUT2D eigenvalue weighted by Gasteiger charge is -2.22. The molecule has 2 N–H and O–H groups in total. The van der Waals surface area contributed by atoms with E-state index in [2.05, 4.69) is 15.5 Å². The number of carbonyl (C=O) groups excluding carboxylic acids is 2. The first-order chi connectivity index (χ1) is 16.2. The third-order valence-corrected chi connectivity index (χ3v) is 5.61. The molecule has 3 aromatic rings. The molecule has 3 aromatic carbocycles. The minimum absolute atomic E-state index is 0.0572. The maximum Gasteiger partial charge on any atom is 0.253 e. The van der Waals surface area contributed by atoms with Gasteiger partial charge in [-0.2, -0.15) is 0 Å². The van der Waals surface area contributed by atoms with Crippen molar-refractivity contribution >= 4 is 23.2 Å². The summed E-state index contributed by atoms with van der Waals surface area (Å²) in [6.07, 6.45) is 2.23. The number of ether oxygens (including phenoxy) is 1. The maximum absolute atomic E-state index is 13.1. The average Bonchev–Trinajstić information content (AvgIpc) is 3.39. The predicted octanol–water partition coefficient (Wildman–Crippen LogP) is 4.37. The van der Waals surface area contributed by atoms with Crippen LogP contribution in [0.25, 0.3) is 0 Å². The van der Waals surface area contributed by atoms with Gasteiger partial charge < -0.3 is 20.3 Å². The molecule has 4 rings (SSSR count). The molecule has 1 aliphatic heterocycles. The monoisotopic (exact) mass is 443 g/mol. The number of carbonyl (C=O) groups is 2. The van der Waals surface area contributed by atoms with Gasteiger partial charge in [0.05, 0.1) is 12.2 Å². The van der Waals surface area contributed by atoms with E-state index >= 15 is 0 Å². The molecular weight excluding hydrogens is 414 g/mol. The fourth-order valence-corrected chi connectivity index (χ4v) is 3.94. The van der Waals surface area contributed by atoms with E-state index in [0.717, 1.165) is 42.7 Å². The number of hydrogen-bond acceptors (Lipinski definition) is 4. The number of amides is 2. The molecule has 0 bridgehead atoms. The van der Waals surface area contributed by atoms with Crippen molar-refractivity contribution in [2.75, 3.05) is 29.9 Å². The Hall–Kier alpha value is -3.64. The molecule has 1 heterocycles. The van der Waals surface area contributed by atoms with Crippen LogP contribution in [-0.4, -0.2) is 31.5 Å². The Morgan fingerprint density at radius 3 is 2.21 bits per heavy atom. The lowest BCUT2D eigenvalue weighted by molar-refractivity contribution is -0.121. The molecule has 1 fully saturated rings. The molecule has 6 nitrogen and oxygen atoms in total. The summed E-state index contributed by atoms with van der Waals surface area (Å²) in [7, 11) is 0. The van der Waals surface area contributed by atoms with Gasteiger partial charge in [0.1, 0.15) is 6.61 Å². The van der Waals surface area contributed by atoms with E-state index in [1.54, 1.807) is 6.07 Å². The normalized spacial score (nSPS) is 13.0. The molecule has 0 aliphatic carbocycles. The SMILES string of the molecule is O=C(COCc1ccccc1)Nc1ccc(N2CCCC2)c(C(=O)NCc2ccccc2)c1. The lowest BCUT2D eigenvalue weighted by atomic mass is 10.1. The molecule has 0 radical (unpaired) electrons. The first-order valence-corrected chi connectivity index (χ1v) is 11.3. The fourth-order valence-electron chi connectivity index (χ4n) is 3.94. The van der Waals surface area contributed by atoms with E-state index in [1.165, 1.54) is 0 Å². The standard InChI is InChI=1S/C27H29N3O3/c31-26(20-33-19-22-11-5-2-6-12-22)29-23-13-14-25(30-15-7-8-16-30)24(17-23)27(32)28-18-21-9-3-1-4-10-21/h1-6,9-14,17H,7-8,15-16,18-20H2,(H,28,32)(H,29,31). The number of benzene rings is 3. The number of hydrogen-bond donors (Lipinski definition) is 2. The highest BCUT2D eigenvalue weighted by atomic mass is 16.5. The molecule has 2 amide bonds. The number of nitrogens with one attached hydrogen (secondary N) is 2. The van der Waals surface area contributed by atoms with Crippen LogP contribution in [0.4, 0.5) is 11.4 Å². The van der Waals surface area contributed by atoms with E-state index in [-0.39, 0.29) is 18.4 Å². The Balaban J connectivity index is 1.41. The Kier molecular flexibility index (Phi) is 7.72. The van der Waals surface area contributed by atoms with Crippen LogP contribution in [0, 0.1) is 0 Å². The summed E-state index contributed by atoms with van der Waals surface area (Å²) < 4.78 is 5.52. The summed E-state index contributed by atoms with van der Waals surface area (Å²) in [6, 6.07) is 25.0. The quantitative estimate of drug-likeness (QED) is 0.515. The van der Waals surface area contributed by atoms with E-state index in [4.69, 9.17) is 4.74 Å². The zero-order chi connectivity index (χ0) is 22.9. The Labute approximate surface area is 194 Å². The van der Waals surface area contributed by atoms with Crippen LogP contribution >= 0.6 is 0 Å². The highest BCUT2D eigenvalue weighted by Crippen LogP contribution is 2.27. The summed E-state index contributed by atoms with van der Waals surface area (Å²) in [5.41, 5.74) is 4.09. The summed E-state index contributed by atoms with van der Waals surface area (Å²) in [5, 5.41) is 5.86. The van der Waals surface area contributed by atoms with Gasteiger partial charge in [0.15, 0.2) is 0 Å². The highest BCUT2D eigenvalue weighted by Gasteiger charge is 2.20. The summed E-state index contributed by atoms with van der Waals surface area (Å²) in [4.78, 5) is 27.7. The summed E-state index contributed by atoms with van der Waals surface area (Å²) >= 11 is 0. The second-order valence-corrected chi connectivity index (χ2v) is 8.12. The zero-order valence-electron chi connectivity index (χ0n) is 18.6. The van der Waals surface area contributed by atoms with Crippen molar-refractivity contribution in [3.8, 4) is 0 Å². The molecule has 33 heavy (non-hydrogen) atoms. The van der Waals surface area contributed by atoms with Crippen LogP contribution in [0.2, 0.25) is 0 Å². The van der Waals surface area contributed by atoms with E-state index in [9.17, 15) is 9.59 Å². The topological polar surface area (TPSA) is 70.7 Å². The van der Waals surface area contributed by atoms with Crippen LogP contribution in [0.3, 0.4) is 0 Å². The molecular formula is C27H29N3O3. The molecule has 0 aromatic heterocycles. The largest absolute Gasteiger partial charge is 0.371 e. The second kappa shape index (κ2) is 11.3. The molecule has 6 heteroatoms. The number of rotatable bonds is 9. The van der Waals surface area contributed by atoms with Gasteiger partial charge in [-0.15, -0.1) is 0 Å². The molecule has 0 unspecified atom stereocenters. The minimum Gasteiger partial charge on any atom is -0.371 e. The molecule has 0 saturated carbocycles. The van der Waals surface area contributed by atoms with E-state index < -0.39 is 0 Å². The highest BCUT2D eigenvalue weighted by molar-refractivity contribution is 6.02. The Morgan fingerprint density at radius 2 is 1.52 bits per heavy atom. The number of nitrogens with zero attached hydrogens (tertiary/aromatic N) is 1. The smallest absolute Gasteiger partial charge is 0.253 e. The third-order valence-electron chi connectivity index (χ3n) is 5.61. The fraction of sp³-hybridized carbons (Fsp3) is 0.259. The second-order valence-electron chi connectivity index (χ2n) is 8.12. The van der Waals surface area contributed by atoms with Crippen LogP contribution < -0.4 is 15.5 Å². The van der Waals surface area contributed by atoms with Crippen LogP contribution in [0.15, 0.2) is 78.9 Å². The number of anilines is 2. The van der Waals surface area contributed by atoms with Gasteiger partial charge in [0.25, 0.3) is 5.91 Å². The molecule has 170 valence electrons. The summed E-state index contributed by atoms with van der Waals surface area (Å²) in [6.45, 7) is 2.62. The zero-order valence-corrected chi connectivity index (χ0v) is 18.6. The maximum atomic E-state index is 13.1. The van der Waals surface area contributed by atoms with Gasteiger partial charge in [-0.3, -0.25) is 9.59 Å². The molecule has 1 aliphatic rings. The van der Waals surface area contributed by atoms with Crippen molar-refractivity contribution in [3.05, 3.63) is 95.6 Å². The van der Waals surface area contributed by atoms with Gasteiger partial charge in [-0.1, -0.05) is 60.7 Å². The Bertz CT molecular complexity index is 1060. The van der Waals surface area contributed by atoms with Crippen molar-refractivity contribution in [1.29, 1.82) is 0 Å². The van der Waals surface area contributed by atoms with Crippen LogP contribution in [0.1, 0.15) is 34.3 Å². The lowest BCUT2D eigenvalue weighted by Crippen LogP contribution is -2.27. The van der Waals surface area contributed by atoms with Gasteiger partial charge in [-0.05, 0) is 42.2 Å². The minimum atomic E-state index is -0.254. The average molecular weight is 444 g/mol. The first-order valence-electron chi connectivity index (χ1n) is 11.3. The molecule has 0 spiro atoms. The van der Waals surface area contributed by atoms with Crippen molar-refractivity contribution < 1.29 is 14.3 Å². The van der Waals surface area contributed by atoms with Crippen molar-refractivity contribution in [1.82, 2.24) is 5.32 Å².